The van der Waals surface area contributed by atoms with Crippen LogP contribution >= 0.6 is 0 Å². The van der Waals surface area contributed by atoms with Gasteiger partial charge in [0.1, 0.15) is 25.0 Å². The predicted octanol–water partition coefficient (Wildman–Crippen LogP) is 2.31. The zero-order chi connectivity index (χ0) is 17.9. The summed E-state index contributed by atoms with van der Waals surface area (Å²) in [6.07, 6.45) is 7.37. The first-order valence-corrected chi connectivity index (χ1v) is 8.77. The molecule has 1 unspecified atom stereocenters. The zero-order valence-corrected chi connectivity index (χ0v) is 15.1. The summed E-state index contributed by atoms with van der Waals surface area (Å²) in [5, 5.41) is 1.89. The Hall–Kier alpha value is -1.99. The van der Waals surface area contributed by atoms with Crippen molar-refractivity contribution in [3.8, 4) is 0 Å². The molecule has 0 fully saturated rings. The first-order chi connectivity index (χ1) is 11.9. The number of hydrogen-bond acceptors (Lipinski definition) is 7. The van der Waals surface area contributed by atoms with E-state index in [1.165, 1.54) is 5.57 Å². The van der Waals surface area contributed by atoms with E-state index >= 15 is 0 Å². The molecule has 1 aromatic heterocycles. The lowest BCUT2D eigenvalue weighted by atomic mass is 9.96. The van der Waals surface area contributed by atoms with Crippen molar-refractivity contribution in [1.29, 1.82) is 0 Å². The van der Waals surface area contributed by atoms with Crippen molar-refractivity contribution >= 4 is 5.97 Å². The van der Waals surface area contributed by atoms with E-state index in [1.807, 2.05) is 25.8 Å². The van der Waals surface area contributed by atoms with Crippen LogP contribution in [0.15, 0.2) is 29.7 Å². The van der Waals surface area contributed by atoms with Crippen molar-refractivity contribution in [2.24, 2.45) is 0 Å². The number of ether oxygens (including phenoxy) is 2. The zero-order valence-electron chi connectivity index (χ0n) is 15.1. The van der Waals surface area contributed by atoms with Crippen molar-refractivity contribution in [2.45, 2.75) is 64.9 Å². The third-order valence-corrected chi connectivity index (χ3v) is 4.10. The van der Waals surface area contributed by atoms with E-state index in [2.05, 4.69) is 15.4 Å². The molecule has 1 N–H and O–H groups in total. The fourth-order valence-corrected chi connectivity index (χ4v) is 3.15. The van der Waals surface area contributed by atoms with Gasteiger partial charge in [-0.05, 0) is 58.1 Å². The molecule has 1 aromatic rings. The number of nitrogens with zero attached hydrogens (tertiary/aromatic N) is 3. The van der Waals surface area contributed by atoms with E-state index in [-0.39, 0.29) is 18.7 Å². The summed E-state index contributed by atoms with van der Waals surface area (Å²) in [6, 6.07) is 1.78. The first kappa shape index (κ1) is 17.8. The Bertz CT molecular complexity index is 639. The summed E-state index contributed by atoms with van der Waals surface area (Å²) in [5.74, 6) is 0.400. The van der Waals surface area contributed by atoms with Crippen LogP contribution in [-0.4, -0.2) is 39.3 Å². The molecule has 1 aliphatic heterocycles. The Morgan fingerprint density at radius 1 is 1.28 bits per heavy atom. The Morgan fingerprint density at radius 3 is 2.72 bits per heavy atom. The molecular weight excluding hydrogens is 320 g/mol. The minimum Gasteiger partial charge on any atom is -0.459 e. The molecule has 0 saturated heterocycles. The van der Waals surface area contributed by atoms with E-state index in [0.717, 1.165) is 31.4 Å². The van der Waals surface area contributed by atoms with Crippen LogP contribution in [0.25, 0.3) is 0 Å². The highest BCUT2D eigenvalue weighted by Gasteiger charge is 2.34. The van der Waals surface area contributed by atoms with Crippen molar-refractivity contribution in [1.82, 2.24) is 20.4 Å². The average Bonchev–Trinajstić information content (AvgIpc) is 2.90. The smallest absolute Gasteiger partial charge is 0.327 e. The molecule has 3 rings (SSSR count). The van der Waals surface area contributed by atoms with Gasteiger partial charge in [0.25, 0.3) is 0 Å². The van der Waals surface area contributed by atoms with Crippen LogP contribution in [0.2, 0.25) is 0 Å². The van der Waals surface area contributed by atoms with E-state index in [0.29, 0.717) is 12.4 Å². The van der Waals surface area contributed by atoms with Gasteiger partial charge < -0.3 is 9.47 Å². The van der Waals surface area contributed by atoms with Crippen LogP contribution in [0.1, 0.15) is 52.3 Å². The molecular formula is C18H26N4O3. The molecule has 1 aliphatic carbocycles. The minimum absolute atomic E-state index is 0.178. The van der Waals surface area contributed by atoms with E-state index < -0.39 is 5.60 Å². The van der Waals surface area contributed by atoms with Crippen LogP contribution in [0.3, 0.4) is 0 Å². The molecule has 0 amide bonds. The third-order valence-electron chi connectivity index (χ3n) is 4.10. The van der Waals surface area contributed by atoms with Gasteiger partial charge in [0.2, 0.25) is 0 Å². The van der Waals surface area contributed by atoms with E-state index in [4.69, 9.17) is 9.47 Å². The summed E-state index contributed by atoms with van der Waals surface area (Å²) in [7, 11) is 0. The molecule has 7 nitrogen and oxygen atoms in total. The quantitative estimate of drug-likeness (QED) is 0.820. The average molecular weight is 346 g/mol. The summed E-state index contributed by atoms with van der Waals surface area (Å²) >= 11 is 0. The van der Waals surface area contributed by atoms with Gasteiger partial charge in [0.05, 0.1) is 0 Å². The fourth-order valence-electron chi connectivity index (χ4n) is 3.15. The van der Waals surface area contributed by atoms with Gasteiger partial charge in [-0.15, -0.1) is 0 Å². The number of aromatic nitrogens is 2. The summed E-state index contributed by atoms with van der Waals surface area (Å²) in [4.78, 5) is 20.6. The van der Waals surface area contributed by atoms with Gasteiger partial charge >= 0.3 is 5.97 Å². The largest absolute Gasteiger partial charge is 0.459 e. The Morgan fingerprint density at radius 2 is 2.00 bits per heavy atom. The molecule has 0 radical (unpaired) electrons. The van der Waals surface area contributed by atoms with Gasteiger partial charge in [-0.1, -0.05) is 0 Å². The monoisotopic (exact) mass is 346 g/mol. The maximum atomic E-state index is 12.2. The predicted molar refractivity (Wildman–Crippen MR) is 91.8 cm³/mol. The number of allylic oxidation sites excluding steroid dienone is 1. The van der Waals surface area contributed by atoms with Gasteiger partial charge in [0.15, 0.2) is 5.82 Å². The van der Waals surface area contributed by atoms with Crippen LogP contribution in [0.4, 0.5) is 0 Å². The number of carbonyl (C=O) groups excluding carboxylic acids is 1. The lowest BCUT2D eigenvalue weighted by Gasteiger charge is -2.26. The summed E-state index contributed by atoms with van der Waals surface area (Å²) in [6.45, 7) is 6.13. The van der Waals surface area contributed by atoms with Crippen LogP contribution in [-0.2, 0) is 20.9 Å². The Kier molecular flexibility index (Phi) is 5.34. The molecule has 0 bridgehead atoms. The highest BCUT2D eigenvalue weighted by molar-refractivity contribution is 5.72. The molecule has 0 spiro atoms. The molecule has 25 heavy (non-hydrogen) atoms. The summed E-state index contributed by atoms with van der Waals surface area (Å²) in [5.41, 5.74) is 5.21. The molecule has 7 heteroatoms. The number of hydrogen-bond donors (Lipinski definition) is 1. The maximum Gasteiger partial charge on any atom is 0.327 e. The lowest BCUT2D eigenvalue weighted by molar-refractivity contribution is -0.156. The number of hydrazine groups is 1. The molecule has 2 heterocycles. The molecule has 136 valence electrons. The SMILES string of the molecule is CC(C)(C)OC(=O)CN1NC(OCc2ncccn2)C2=C1CCCC2. The Balaban J connectivity index is 1.64. The number of carbonyl (C=O) groups is 1. The Labute approximate surface area is 148 Å². The normalized spacial score (nSPS) is 20.6. The van der Waals surface area contributed by atoms with Crippen molar-refractivity contribution < 1.29 is 14.3 Å². The number of esters is 1. The van der Waals surface area contributed by atoms with Gasteiger partial charge in [-0.25, -0.2) is 15.4 Å². The molecule has 0 saturated carbocycles. The third kappa shape index (κ3) is 4.76. The summed E-state index contributed by atoms with van der Waals surface area (Å²) < 4.78 is 11.4. The molecule has 2 aliphatic rings. The standard InChI is InChI=1S/C18H26N4O3/c1-18(2,3)25-16(23)11-22-14-8-5-4-7-13(14)17(21-22)24-12-15-19-9-6-10-20-15/h6,9-10,17,21H,4-5,7-8,11-12H2,1-3H3. The van der Waals surface area contributed by atoms with Gasteiger partial charge in [-0.2, -0.15) is 0 Å². The second-order valence-corrected chi connectivity index (χ2v) is 7.34. The van der Waals surface area contributed by atoms with Gasteiger partial charge in [0, 0.05) is 18.1 Å². The second kappa shape index (κ2) is 7.49. The van der Waals surface area contributed by atoms with Crippen LogP contribution in [0, 0.1) is 0 Å². The van der Waals surface area contributed by atoms with Crippen LogP contribution < -0.4 is 5.43 Å². The van der Waals surface area contributed by atoms with Crippen molar-refractivity contribution in [3.63, 3.8) is 0 Å². The lowest BCUT2D eigenvalue weighted by Crippen LogP contribution is -2.43. The highest BCUT2D eigenvalue weighted by Crippen LogP contribution is 2.34. The van der Waals surface area contributed by atoms with E-state index in [9.17, 15) is 4.79 Å². The van der Waals surface area contributed by atoms with Crippen LogP contribution in [0.5, 0.6) is 0 Å². The van der Waals surface area contributed by atoms with E-state index in [1.54, 1.807) is 18.5 Å². The first-order valence-electron chi connectivity index (χ1n) is 8.77. The fraction of sp³-hybridized carbons (Fsp3) is 0.611. The maximum absolute atomic E-state index is 12.2. The van der Waals surface area contributed by atoms with Gasteiger partial charge in [-0.3, -0.25) is 9.80 Å². The topological polar surface area (TPSA) is 76.6 Å². The molecule has 0 aromatic carbocycles. The molecule has 1 atom stereocenters. The number of rotatable bonds is 5. The van der Waals surface area contributed by atoms with Crippen molar-refractivity contribution in [2.75, 3.05) is 6.54 Å². The highest BCUT2D eigenvalue weighted by atomic mass is 16.6. The van der Waals surface area contributed by atoms with Crippen molar-refractivity contribution in [3.05, 3.63) is 35.6 Å². The minimum atomic E-state index is -0.485. The second-order valence-electron chi connectivity index (χ2n) is 7.34. The number of nitrogens with one attached hydrogen (secondary N) is 1.